The molecule has 7 nitrogen and oxygen atoms in total. The molecule has 2 aromatic rings. The van der Waals surface area contributed by atoms with E-state index in [1.54, 1.807) is 7.11 Å². The molecular formula is C23H34N4O3S. The van der Waals surface area contributed by atoms with Crippen molar-refractivity contribution < 1.29 is 14.3 Å². The molecule has 2 amide bonds. The van der Waals surface area contributed by atoms with Crippen LogP contribution in [0.4, 0.5) is 5.13 Å². The van der Waals surface area contributed by atoms with E-state index in [4.69, 9.17) is 4.74 Å². The molecule has 0 aliphatic rings. The van der Waals surface area contributed by atoms with Crippen molar-refractivity contribution in [2.24, 2.45) is 5.92 Å². The predicted octanol–water partition coefficient (Wildman–Crippen LogP) is 5.00. The Balaban J connectivity index is 1.93. The number of unbranched alkanes of at least 4 members (excludes halogenated alkanes) is 1. The number of carbonyl (C=O) groups is 2. The molecule has 0 saturated heterocycles. The topological polar surface area (TPSA) is 84.4 Å². The molecule has 2 rings (SSSR count). The second kappa shape index (κ2) is 13.0. The molecule has 0 fully saturated rings. The Kier molecular flexibility index (Phi) is 10.4. The molecule has 1 heterocycles. The molecular weight excluding hydrogens is 412 g/mol. The summed E-state index contributed by atoms with van der Waals surface area (Å²) in [5.74, 6) is 0.789. The molecule has 8 heteroatoms. The maximum atomic E-state index is 12.9. The van der Waals surface area contributed by atoms with Crippen molar-refractivity contribution in [3.05, 3.63) is 24.3 Å². The lowest BCUT2D eigenvalue weighted by atomic mass is 9.97. The number of anilines is 1. The number of benzene rings is 1. The predicted molar refractivity (Wildman–Crippen MR) is 125 cm³/mol. The minimum Gasteiger partial charge on any atom is -0.497 e. The maximum Gasteiger partial charge on any atom is 0.227 e. The van der Waals surface area contributed by atoms with Gasteiger partial charge >= 0.3 is 0 Å². The van der Waals surface area contributed by atoms with Crippen LogP contribution in [0.25, 0.3) is 10.6 Å². The number of amides is 2. The second-order valence-corrected chi connectivity index (χ2v) is 8.49. The summed E-state index contributed by atoms with van der Waals surface area (Å²) in [4.78, 5) is 27.2. The summed E-state index contributed by atoms with van der Waals surface area (Å²) in [5.41, 5.74) is 0.884. The number of ether oxygens (including phenoxy) is 1. The van der Waals surface area contributed by atoms with Gasteiger partial charge in [0.15, 0.2) is 0 Å². The van der Waals surface area contributed by atoms with Gasteiger partial charge in [0.25, 0.3) is 0 Å². The highest BCUT2D eigenvalue weighted by Gasteiger charge is 2.22. The molecule has 0 unspecified atom stereocenters. The van der Waals surface area contributed by atoms with Gasteiger partial charge in [-0.3, -0.25) is 9.59 Å². The number of carbonyl (C=O) groups excluding carboxylic acids is 2. The summed E-state index contributed by atoms with van der Waals surface area (Å²) >= 11 is 1.31. The number of hydrogen-bond acceptors (Lipinski definition) is 6. The van der Waals surface area contributed by atoms with Gasteiger partial charge in [-0.05, 0) is 31.4 Å². The van der Waals surface area contributed by atoms with Crippen LogP contribution in [0.3, 0.4) is 0 Å². The molecule has 0 aliphatic heterocycles. The molecule has 0 aliphatic carbocycles. The van der Waals surface area contributed by atoms with Crippen LogP contribution in [-0.4, -0.2) is 47.1 Å². The van der Waals surface area contributed by atoms with E-state index in [1.807, 2.05) is 29.2 Å². The summed E-state index contributed by atoms with van der Waals surface area (Å²) in [6, 6.07) is 7.55. The van der Waals surface area contributed by atoms with Crippen LogP contribution in [0, 0.1) is 5.92 Å². The van der Waals surface area contributed by atoms with Crippen molar-refractivity contribution in [1.82, 2.24) is 15.1 Å². The fourth-order valence-electron chi connectivity index (χ4n) is 3.38. The average Bonchev–Trinajstić information content (AvgIpc) is 3.25. The second-order valence-electron chi connectivity index (χ2n) is 7.52. The first-order valence-corrected chi connectivity index (χ1v) is 11.9. The number of aromatic nitrogens is 2. The number of nitrogens with zero attached hydrogens (tertiary/aromatic N) is 3. The number of hydrogen-bond donors (Lipinski definition) is 1. The zero-order chi connectivity index (χ0) is 22.6. The smallest absolute Gasteiger partial charge is 0.227 e. The van der Waals surface area contributed by atoms with E-state index in [2.05, 4.69) is 36.3 Å². The fraction of sp³-hybridized carbons (Fsp3) is 0.565. The van der Waals surface area contributed by atoms with E-state index in [0.29, 0.717) is 23.2 Å². The number of nitrogens with one attached hydrogen (secondary N) is 1. The SMILES string of the molecule is CCCC[C@@H](CC)C(=O)N(CCC)CCC(=O)Nc1nnc(-c2cccc(OC)c2)s1. The van der Waals surface area contributed by atoms with Crippen LogP contribution in [0.1, 0.15) is 59.3 Å². The van der Waals surface area contributed by atoms with Gasteiger partial charge in [0.2, 0.25) is 16.9 Å². The summed E-state index contributed by atoms with van der Waals surface area (Å²) in [5, 5.41) is 12.2. The van der Waals surface area contributed by atoms with Gasteiger partial charge in [-0.15, -0.1) is 10.2 Å². The molecule has 1 atom stereocenters. The Labute approximate surface area is 189 Å². The van der Waals surface area contributed by atoms with Gasteiger partial charge in [-0.1, -0.05) is 57.1 Å². The lowest BCUT2D eigenvalue weighted by Gasteiger charge is -2.26. The highest BCUT2D eigenvalue weighted by molar-refractivity contribution is 7.18. The molecule has 0 radical (unpaired) electrons. The molecule has 170 valence electrons. The minimum absolute atomic E-state index is 0.0446. The molecule has 0 saturated carbocycles. The standard InChI is InChI=1S/C23H34N4O3S/c1-5-8-10-17(7-3)22(29)27(14-6-2)15-13-20(28)24-23-26-25-21(31-23)18-11-9-12-19(16-18)30-4/h9,11-12,16-17H,5-8,10,13-15H2,1-4H3,(H,24,26,28)/t17-/m1/s1. The van der Waals surface area contributed by atoms with Crippen molar-refractivity contribution in [2.45, 2.75) is 59.3 Å². The van der Waals surface area contributed by atoms with Crippen LogP contribution < -0.4 is 10.1 Å². The lowest BCUT2D eigenvalue weighted by molar-refractivity contribution is -0.136. The van der Waals surface area contributed by atoms with Crippen molar-refractivity contribution in [2.75, 3.05) is 25.5 Å². The van der Waals surface area contributed by atoms with Crippen molar-refractivity contribution in [3.63, 3.8) is 0 Å². The highest BCUT2D eigenvalue weighted by atomic mass is 32.1. The number of methoxy groups -OCH3 is 1. The van der Waals surface area contributed by atoms with Crippen molar-refractivity contribution in [3.8, 4) is 16.3 Å². The van der Waals surface area contributed by atoms with E-state index in [9.17, 15) is 9.59 Å². The van der Waals surface area contributed by atoms with Crippen molar-refractivity contribution >= 4 is 28.3 Å². The third-order valence-electron chi connectivity index (χ3n) is 5.15. The quantitative estimate of drug-likeness (QED) is 0.468. The van der Waals surface area contributed by atoms with E-state index < -0.39 is 0 Å². The van der Waals surface area contributed by atoms with Gasteiger partial charge in [-0.25, -0.2) is 0 Å². The van der Waals surface area contributed by atoms with E-state index >= 15 is 0 Å². The lowest BCUT2D eigenvalue weighted by Crippen LogP contribution is -2.38. The maximum absolute atomic E-state index is 12.9. The Morgan fingerprint density at radius 1 is 1.16 bits per heavy atom. The molecule has 31 heavy (non-hydrogen) atoms. The molecule has 1 N–H and O–H groups in total. The monoisotopic (exact) mass is 446 g/mol. The Morgan fingerprint density at radius 3 is 2.65 bits per heavy atom. The van der Waals surface area contributed by atoms with Crippen LogP contribution in [0.2, 0.25) is 0 Å². The first-order chi connectivity index (χ1) is 15.0. The zero-order valence-corrected chi connectivity index (χ0v) is 19.8. The van der Waals surface area contributed by atoms with Gasteiger partial charge in [0.1, 0.15) is 10.8 Å². The van der Waals surface area contributed by atoms with Crippen molar-refractivity contribution in [1.29, 1.82) is 0 Å². The Hall–Kier alpha value is -2.48. The Morgan fingerprint density at radius 2 is 1.97 bits per heavy atom. The molecule has 1 aromatic heterocycles. The Bertz CT molecular complexity index is 840. The fourth-order valence-corrected chi connectivity index (χ4v) is 4.13. The molecule has 0 spiro atoms. The third kappa shape index (κ3) is 7.61. The normalized spacial score (nSPS) is 11.7. The van der Waals surface area contributed by atoms with Crippen LogP contribution >= 0.6 is 11.3 Å². The first kappa shape index (κ1) is 24.8. The highest BCUT2D eigenvalue weighted by Crippen LogP contribution is 2.28. The van der Waals surface area contributed by atoms with E-state index in [-0.39, 0.29) is 24.2 Å². The van der Waals surface area contributed by atoms with Crippen LogP contribution in [0.5, 0.6) is 5.75 Å². The van der Waals surface area contributed by atoms with Gasteiger partial charge in [0, 0.05) is 31.0 Å². The van der Waals surface area contributed by atoms with E-state index in [1.165, 1.54) is 11.3 Å². The summed E-state index contributed by atoms with van der Waals surface area (Å²) in [6.07, 6.45) is 5.00. The average molecular weight is 447 g/mol. The number of rotatable bonds is 13. The van der Waals surface area contributed by atoms with Crippen LogP contribution in [0.15, 0.2) is 24.3 Å². The minimum atomic E-state index is -0.163. The van der Waals surface area contributed by atoms with Crippen LogP contribution in [-0.2, 0) is 9.59 Å². The van der Waals surface area contributed by atoms with Gasteiger partial charge in [0.05, 0.1) is 7.11 Å². The zero-order valence-electron chi connectivity index (χ0n) is 19.0. The van der Waals surface area contributed by atoms with Gasteiger partial charge in [-0.2, -0.15) is 0 Å². The largest absolute Gasteiger partial charge is 0.497 e. The first-order valence-electron chi connectivity index (χ1n) is 11.1. The molecule has 0 bridgehead atoms. The molecule has 1 aromatic carbocycles. The van der Waals surface area contributed by atoms with Gasteiger partial charge < -0.3 is 15.0 Å². The summed E-state index contributed by atoms with van der Waals surface area (Å²) < 4.78 is 5.24. The summed E-state index contributed by atoms with van der Waals surface area (Å²) in [6.45, 7) is 7.34. The van der Waals surface area contributed by atoms with E-state index in [0.717, 1.165) is 43.4 Å². The summed E-state index contributed by atoms with van der Waals surface area (Å²) in [7, 11) is 1.62. The third-order valence-corrected chi connectivity index (χ3v) is 6.04.